The molecule has 1 aliphatic rings. The largest absolute Gasteiger partial charge is 0.326 e. The first-order valence-electron chi connectivity index (χ1n) is 6.95. The van der Waals surface area contributed by atoms with Gasteiger partial charge in [0, 0.05) is 6.54 Å². The standard InChI is InChI=1S/C14H28N2O/c1-7-12-15-13(10(4)5)14(17)16(12)8-11(6)9(2)3/h9-13,15H,7-8H2,1-6H3. The van der Waals surface area contributed by atoms with Crippen molar-refractivity contribution in [2.24, 2.45) is 17.8 Å². The molecule has 0 aromatic heterocycles. The van der Waals surface area contributed by atoms with E-state index < -0.39 is 0 Å². The minimum absolute atomic E-state index is 0.0133. The number of carbonyl (C=O) groups excluding carboxylic acids is 1. The summed E-state index contributed by atoms with van der Waals surface area (Å²) in [5.74, 6) is 1.84. The molecule has 1 amide bonds. The van der Waals surface area contributed by atoms with Crippen LogP contribution in [-0.2, 0) is 4.79 Å². The Morgan fingerprint density at radius 3 is 2.24 bits per heavy atom. The van der Waals surface area contributed by atoms with Crippen LogP contribution in [0, 0.1) is 17.8 Å². The molecule has 0 aromatic carbocycles. The van der Waals surface area contributed by atoms with Gasteiger partial charge in [-0.2, -0.15) is 0 Å². The van der Waals surface area contributed by atoms with E-state index in [4.69, 9.17) is 0 Å². The van der Waals surface area contributed by atoms with Crippen molar-refractivity contribution < 1.29 is 4.79 Å². The minimum Gasteiger partial charge on any atom is -0.326 e. The Balaban J connectivity index is 2.72. The number of nitrogens with one attached hydrogen (secondary N) is 1. The number of amides is 1. The van der Waals surface area contributed by atoms with Gasteiger partial charge in [-0.05, 0) is 24.2 Å². The smallest absolute Gasteiger partial charge is 0.241 e. The zero-order valence-corrected chi connectivity index (χ0v) is 12.2. The van der Waals surface area contributed by atoms with E-state index in [9.17, 15) is 4.79 Å². The van der Waals surface area contributed by atoms with E-state index in [2.05, 4.69) is 51.8 Å². The number of carbonyl (C=O) groups is 1. The zero-order valence-electron chi connectivity index (χ0n) is 12.2. The SMILES string of the molecule is CCC1NC(C(C)C)C(=O)N1CC(C)C(C)C. The lowest BCUT2D eigenvalue weighted by Gasteiger charge is -2.28. The molecule has 3 heteroatoms. The first-order chi connectivity index (χ1) is 7.88. The van der Waals surface area contributed by atoms with Crippen LogP contribution in [0.15, 0.2) is 0 Å². The van der Waals surface area contributed by atoms with E-state index >= 15 is 0 Å². The van der Waals surface area contributed by atoms with Crippen LogP contribution in [0.1, 0.15) is 48.0 Å². The maximum Gasteiger partial charge on any atom is 0.241 e. The summed E-state index contributed by atoms with van der Waals surface area (Å²) >= 11 is 0. The molecule has 100 valence electrons. The van der Waals surface area contributed by atoms with Crippen LogP contribution < -0.4 is 5.32 Å². The summed E-state index contributed by atoms with van der Waals surface area (Å²) in [4.78, 5) is 14.4. The Kier molecular flexibility index (Phi) is 4.99. The molecule has 0 radical (unpaired) electrons. The Morgan fingerprint density at radius 2 is 1.82 bits per heavy atom. The van der Waals surface area contributed by atoms with Crippen LogP contribution in [-0.4, -0.2) is 29.6 Å². The fraction of sp³-hybridized carbons (Fsp3) is 0.929. The van der Waals surface area contributed by atoms with Gasteiger partial charge in [-0.25, -0.2) is 0 Å². The molecule has 0 bridgehead atoms. The van der Waals surface area contributed by atoms with Gasteiger partial charge in [0.1, 0.15) is 0 Å². The van der Waals surface area contributed by atoms with Gasteiger partial charge in [-0.1, -0.05) is 41.5 Å². The molecule has 1 heterocycles. The van der Waals surface area contributed by atoms with Crippen LogP contribution in [0.5, 0.6) is 0 Å². The highest BCUT2D eigenvalue weighted by Gasteiger charge is 2.39. The number of hydrogen-bond donors (Lipinski definition) is 1. The molecule has 0 aliphatic carbocycles. The lowest BCUT2D eigenvalue weighted by molar-refractivity contribution is -0.131. The second kappa shape index (κ2) is 5.85. The van der Waals surface area contributed by atoms with Crippen molar-refractivity contribution in [3.63, 3.8) is 0 Å². The summed E-state index contributed by atoms with van der Waals surface area (Å²) in [7, 11) is 0. The van der Waals surface area contributed by atoms with Gasteiger partial charge in [0.2, 0.25) is 5.91 Å². The molecule has 1 aliphatic heterocycles. The molecular weight excluding hydrogens is 212 g/mol. The lowest BCUT2D eigenvalue weighted by Crippen LogP contribution is -2.40. The molecule has 3 unspecified atom stereocenters. The first kappa shape index (κ1) is 14.5. The molecule has 0 aromatic rings. The highest BCUT2D eigenvalue weighted by molar-refractivity contribution is 5.84. The van der Waals surface area contributed by atoms with Crippen LogP contribution in [0.3, 0.4) is 0 Å². The van der Waals surface area contributed by atoms with Gasteiger partial charge < -0.3 is 4.90 Å². The number of hydrogen-bond acceptors (Lipinski definition) is 2. The molecule has 17 heavy (non-hydrogen) atoms. The highest BCUT2D eigenvalue weighted by atomic mass is 16.2. The van der Waals surface area contributed by atoms with Crippen LogP contribution in [0.4, 0.5) is 0 Å². The fourth-order valence-corrected chi connectivity index (χ4v) is 2.25. The Labute approximate surface area is 106 Å². The highest BCUT2D eigenvalue weighted by Crippen LogP contribution is 2.22. The van der Waals surface area contributed by atoms with E-state index in [1.807, 2.05) is 0 Å². The fourth-order valence-electron chi connectivity index (χ4n) is 2.25. The van der Waals surface area contributed by atoms with Crippen LogP contribution >= 0.6 is 0 Å². The van der Waals surface area contributed by atoms with Crippen molar-refractivity contribution in [3.8, 4) is 0 Å². The van der Waals surface area contributed by atoms with E-state index in [-0.39, 0.29) is 12.2 Å². The lowest BCUT2D eigenvalue weighted by atomic mass is 9.97. The summed E-state index contributed by atoms with van der Waals surface area (Å²) in [6, 6.07) is 0.0133. The maximum absolute atomic E-state index is 12.3. The molecule has 3 nitrogen and oxygen atoms in total. The van der Waals surface area contributed by atoms with Crippen molar-refractivity contribution >= 4 is 5.91 Å². The minimum atomic E-state index is 0.0133. The second-order valence-electron chi connectivity index (χ2n) is 6.02. The molecule has 1 N–H and O–H groups in total. The number of rotatable bonds is 5. The third-order valence-electron chi connectivity index (χ3n) is 3.97. The number of nitrogens with zero attached hydrogens (tertiary/aromatic N) is 1. The monoisotopic (exact) mass is 240 g/mol. The van der Waals surface area contributed by atoms with Gasteiger partial charge in [-0.15, -0.1) is 0 Å². The Morgan fingerprint density at radius 1 is 1.24 bits per heavy atom. The summed E-state index contributed by atoms with van der Waals surface area (Å²) in [5, 5.41) is 3.46. The molecule has 1 fully saturated rings. The van der Waals surface area contributed by atoms with E-state index in [1.165, 1.54) is 0 Å². The van der Waals surface area contributed by atoms with Crippen molar-refractivity contribution in [1.82, 2.24) is 10.2 Å². The molecule has 1 saturated heterocycles. The third-order valence-corrected chi connectivity index (χ3v) is 3.97. The van der Waals surface area contributed by atoms with Gasteiger partial charge >= 0.3 is 0 Å². The average molecular weight is 240 g/mol. The molecule has 0 spiro atoms. The first-order valence-corrected chi connectivity index (χ1v) is 6.95. The molecule has 0 saturated carbocycles. The van der Waals surface area contributed by atoms with Crippen LogP contribution in [0.2, 0.25) is 0 Å². The second-order valence-corrected chi connectivity index (χ2v) is 6.02. The van der Waals surface area contributed by atoms with Crippen molar-refractivity contribution in [3.05, 3.63) is 0 Å². The van der Waals surface area contributed by atoms with Crippen molar-refractivity contribution in [2.75, 3.05) is 6.54 Å². The van der Waals surface area contributed by atoms with E-state index in [1.54, 1.807) is 0 Å². The van der Waals surface area contributed by atoms with E-state index in [0.717, 1.165) is 13.0 Å². The third kappa shape index (κ3) is 3.21. The van der Waals surface area contributed by atoms with Gasteiger partial charge in [-0.3, -0.25) is 10.1 Å². The summed E-state index contributed by atoms with van der Waals surface area (Å²) in [6.07, 6.45) is 1.22. The predicted octanol–water partition coefficient (Wildman–Crippen LogP) is 2.47. The topological polar surface area (TPSA) is 32.3 Å². The predicted molar refractivity (Wildman–Crippen MR) is 71.6 cm³/mol. The Hall–Kier alpha value is -0.570. The molecular formula is C14H28N2O. The Bertz CT molecular complexity index is 263. The summed E-state index contributed by atoms with van der Waals surface area (Å²) in [5.41, 5.74) is 0. The quantitative estimate of drug-likeness (QED) is 0.800. The van der Waals surface area contributed by atoms with Gasteiger partial charge in [0.25, 0.3) is 0 Å². The van der Waals surface area contributed by atoms with Gasteiger partial charge in [0.15, 0.2) is 0 Å². The van der Waals surface area contributed by atoms with Crippen molar-refractivity contribution in [1.29, 1.82) is 0 Å². The summed E-state index contributed by atoms with van der Waals surface area (Å²) in [6.45, 7) is 13.9. The zero-order chi connectivity index (χ0) is 13.2. The van der Waals surface area contributed by atoms with Crippen LogP contribution in [0.25, 0.3) is 0 Å². The summed E-state index contributed by atoms with van der Waals surface area (Å²) < 4.78 is 0. The van der Waals surface area contributed by atoms with E-state index in [0.29, 0.717) is 23.7 Å². The maximum atomic E-state index is 12.3. The van der Waals surface area contributed by atoms with Crippen molar-refractivity contribution in [2.45, 2.75) is 60.2 Å². The van der Waals surface area contributed by atoms with Gasteiger partial charge in [0.05, 0.1) is 12.2 Å². The average Bonchev–Trinajstić information content (AvgIpc) is 2.56. The molecule has 1 rings (SSSR count). The molecule has 3 atom stereocenters. The normalized spacial score (nSPS) is 27.3.